The zero-order valence-corrected chi connectivity index (χ0v) is 20.0. The van der Waals surface area contributed by atoms with Crippen LogP contribution in [0, 0.1) is 5.92 Å². The number of aliphatic imine (C=N–C) groups is 1. The third-order valence-corrected chi connectivity index (χ3v) is 5.42. The van der Waals surface area contributed by atoms with Crippen LogP contribution >= 0.6 is 24.0 Å². The van der Waals surface area contributed by atoms with E-state index in [-0.39, 0.29) is 35.8 Å². The van der Waals surface area contributed by atoms with Crippen LogP contribution in [0.3, 0.4) is 0 Å². The summed E-state index contributed by atoms with van der Waals surface area (Å²) in [6, 6.07) is 5.84. The molecule has 0 aromatic heterocycles. The van der Waals surface area contributed by atoms with Crippen molar-refractivity contribution in [2.75, 3.05) is 51.8 Å². The van der Waals surface area contributed by atoms with Crippen LogP contribution < -0.4 is 25.8 Å². The lowest BCUT2D eigenvalue weighted by Crippen LogP contribution is -2.39. The summed E-state index contributed by atoms with van der Waals surface area (Å²) < 4.78 is 11.4. The molecule has 0 atom stereocenters. The number of halogens is 1. The SMILES string of the molecule is CN=C(NCCCCN1CCC(C(N)=O)CC1)Nc1ccc2c(c1)OCCCO2.I. The first kappa shape index (κ1) is 24.5. The minimum absolute atomic E-state index is 0. The maximum atomic E-state index is 11.2. The van der Waals surface area contributed by atoms with Crippen molar-refractivity contribution < 1.29 is 14.3 Å². The highest BCUT2D eigenvalue weighted by atomic mass is 127. The number of nitrogens with zero attached hydrogens (tertiary/aromatic N) is 2. The summed E-state index contributed by atoms with van der Waals surface area (Å²) >= 11 is 0. The Morgan fingerprint density at radius 1 is 1.20 bits per heavy atom. The number of nitrogens with one attached hydrogen (secondary N) is 2. The van der Waals surface area contributed by atoms with Crippen molar-refractivity contribution in [3.8, 4) is 11.5 Å². The van der Waals surface area contributed by atoms with Crippen molar-refractivity contribution in [3.63, 3.8) is 0 Å². The molecule has 1 aromatic rings. The summed E-state index contributed by atoms with van der Waals surface area (Å²) in [6.45, 7) is 5.20. The number of piperidine rings is 1. The molecule has 2 aliphatic rings. The Morgan fingerprint density at radius 3 is 2.63 bits per heavy atom. The molecule has 0 radical (unpaired) electrons. The van der Waals surface area contributed by atoms with Gasteiger partial charge in [-0.2, -0.15) is 0 Å². The van der Waals surface area contributed by atoms with Gasteiger partial charge in [-0.25, -0.2) is 0 Å². The second-order valence-corrected chi connectivity index (χ2v) is 7.56. The van der Waals surface area contributed by atoms with E-state index in [4.69, 9.17) is 15.2 Å². The van der Waals surface area contributed by atoms with Gasteiger partial charge in [-0.1, -0.05) is 0 Å². The Kier molecular flexibility index (Phi) is 10.5. The van der Waals surface area contributed by atoms with E-state index in [1.807, 2.05) is 18.2 Å². The number of ether oxygens (including phenoxy) is 2. The molecule has 1 aromatic carbocycles. The van der Waals surface area contributed by atoms with Crippen LogP contribution in [-0.4, -0.2) is 63.2 Å². The zero-order chi connectivity index (χ0) is 20.5. The van der Waals surface area contributed by atoms with Gasteiger partial charge in [0.25, 0.3) is 0 Å². The molecule has 0 saturated carbocycles. The van der Waals surface area contributed by atoms with E-state index in [2.05, 4.69) is 20.5 Å². The van der Waals surface area contributed by atoms with Gasteiger partial charge in [0.2, 0.25) is 5.91 Å². The first-order valence-corrected chi connectivity index (χ1v) is 10.5. The van der Waals surface area contributed by atoms with Gasteiger partial charge in [0.1, 0.15) is 0 Å². The smallest absolute Gasteiger partial charge is 0.220 e. The quantitative estimate of drug-likeness (QED) is 0.216. The van der Waals surface area contributed by atoms with Crippen molar-refractivity contribution in [2.24, 2.45) is 16.6 Å². The molecule has 2 aliphatic heterocycles. The number of carbonyl (C=O) groups excluding carboxylic acids is 1. The maximum absolute atomic E-state index is 11.2. The molecule has 0 aliphatic carbocycles. The van der Waals surface area contributed by atoms with Gasteiger partial charge in [-0.3, -0.25) is 9.79 Å². The number of amides is 1. The number of fused-ring (bicyclic) bond motifs is 1. The average Bonchev–Trinajstić information content (AvgIpc) is 2.98. The lowest BCUT2D eigenvalue weighted by molar-refractivity contribution is -0.123. The summed E-state index contributed by atoms with van der Waals surface area (Å²) in [5.74, 6) is 2.20. The monoisotopic (exact) mass is 531 g/mol. The Labute approximate surface area is 196 Å². The summed E-state index contributed by atoms with van der Waals surface area (Å²) in [5.41, 5.74) is 6.31. The lowest BCUT2D eigenvalue weighted by atomic mass is 9.96. The number of hydrogen-bond donors (Lipinski definition) is 3. The van der Waals surface area contributed by atoms with Gasteiger partial charge in [0, 0.05) is 37.7 Å². The molecule has 0 bridgehead atoms. The molecule has 1 amide bonds. The van der Waals surface area contributed by atoms with E-state index in [1.54, 1.807) is 7.05 Å². The molecule has 1 saturated heterocycles. The Hall–Kier alpha value is -1.75. The van der Waals surface area contributed by atoms with Crippen molar-refractivity contribution in [1.82, 2.24) is 10.2 Å². The summed E-state index contributed by atoms with van der Waals surface area (Å²) in [7, 11) is 1.77. The molecule has 9 heteroatoms. The van der Waals surface area contributed by atoms with Crippen molar-refractivity contribution in [3.05, 3.63) is 18.2 Å². The van der Waals surface area contributed by atoms with Crippen LogP contribution in [0.5, 0.6) is 11.5 Å². The molecule has 2 heterocycles. The normalized spacial score (nSPS) is 17.6. The van der Waals surface area contributed by atoms with Crippen LogP contribution in [0.15, 0.2) is 23.2 Å². The topological polar surface area (TPSA) is 101 Å². The van der Waals surface area contributed by atoms with E-state index in [0.29, 0.717) is 13.2 Å². The van der Waals surface area contributed by atoms with Gasteiger partial charge in [-0.05, 0) is 57.5 Å². The molecule has 8 nitrogen and oxygen atoms in total. The van der Waals surface area contributed by atoms with Gasteiger partial charge < -0.3 is 30.7 Å². The number of anilines is 1. The summed E-state index contributed by atoms with van der Waals surface area (Å²) in [6.07, 6.45) is 4.83. The van der Waals surface area contributed by atoms with E-state index in [1.165, 1.54) is 0 Å². The van der Waals surface area contributed by atoms with E-state index in [0.717, 1.165) is 81.4 Å². The lowest BCUT2D eigenvalue weighted by Gasteiger charge is -2.30. The number of nitrogens with two attached hydrogens (primary N) is 1. The highest BCUT2D eigenvalue weighted by Gasteiger charge is 2.22. The molecular formula is C21H34IN5O3. The Bertz CT molecular complexity index is 708. The number of carbonyl (C=O) groups is 1. The Balaban J connectivity index is 0.00000320. The number of hydrogen-bond acceptors (Lipinski definition) is 5. The minimum atomic E-state index is -0.152. The van der Waals surface area contributed by atoms with Crippen LogP contribution in [0.4, 0.5) is 5.69 Å². The third-order valence-electron chi connectivity index (χ3n) is 5.42. The first-order valence-electron chi connectivity index (χ1n) is 10.5. The van der Waals surface area contributed by atoms with E-state index in [9.17, 15) is 4.79 Å². The fourth-order valence-electron chi connectivity index (χ4n) is 3.67. The number of benzene rings is 1. The van der Waals surface area contributed by atoms with Gasteiger partial charge in [0.05, 0.1) is 13.2 Å². The zero-order valence-electron chi connectivity index (χ0n) is 17.7. The number of unbranched alkanes of at least 4 members (excludes halogenated alkanes) is 1. The van der Waals surface area contributed by atoms with Crippen LogP contribution in [-0.2, 0) is 4.79 Å². The largest absolute Gasteiger partial charge is 0.490 e. The second-order valence-electron chi connectivity index (χ2n) is 7.56. The summed E-state index contributed by atoms with van der Waals surface area (Å²) in [5, 5.41) is 6.66. The predicted octanol–water partition coefficient (Wildman–Crippen LogP) is 2.43. The maximum Gasteiger partial charge on any atom is 0.220 e. The second kappa shape index (κ2) is 12.8. The fraction of sp³-hybridized carbons (Fsp3) is 0.619. The average molecular weight is 531 g/mol. The molecule has 168 valence electrons. The first-order chi connectivity index (χ1) is 14.2. The Morgan fingerprint density at radius 2 is 1.93 bits per heavy atom. The number of likely N-dealkylation sites (tertiary alicyclic amines) is 1. The molecule has 4 N–H and O–H groups in total. The van der Waals surface area contributed by atoms with E-state index >= 15 is 0 Å². The summed E-state index contributed by atoms with van der Waals surface area (Å²) in [4.78, 5) is 17.9. The van der Waals surface area contributed by atoms with Gasteiger partial charge in [-0.15, -0.1) is 24.0 Å². The molecular weight excluding hydrogens is 497 g/mol. The van der Waals surface area contributed by atoms with Gasteiger partial charge >= 0.3 is 0 Å². The highest BCUT2D eigenvalue weighted by molar-refractivity contribution is 14.0. The fourth-order valence-corrected chi connectivity index (χ4v) is 3.67. The van der Waals surface area contributed by atoms with E-state index < -0.39 is 0 Å². The standard InChI is InChI=1S/C21H33N5O3.HI/c1-23-21(25-17-5-6-18-19(15-17)29-14-4-13-28-18)24-9-2-3-10-26-11-7-16(8-12-26)20(22)27;/h5-6,15-16H,2-4,7-14H2,1H3,(H2,22,27)(H2,23,24,25);1H. The minimum Gasteiger partial charge on any atom is -0.490 e. The van der Waals surface area contributed by atoms with Crippen molar-refractivity contribution in [1.29, 1.82) is 0 Å². The predicted molar refractivity (Wildman–Crippen MR) is 130 cm³/mol. The number of rotatable bonds is 7. The molecule has 0 spiro atoms. The van der Waals surface area contributed by atoms with Crippen LogP contribution in [0.2, 0.25) is 0 Å². The molecule has 1 fully saturated rings. The number of guanidine groups is 1. The molecule has 30 heavy (non-hydrogen) atoms. The third kappa shape index (κ3) is 7.50. The van der Waals surface area contributed by atoms with Crippen LogP contribution in [0.25, 0.3) is 0 Å². The van der Waals surface area contributed by atoms with Crippen molar-refractivity contribution >= 4 is 41.5 Å². The highest BCUT2D eigenvalue weighted by Crippen LogP contribution is 2.32. The molecule has 3 rings (SSSR count). The van der Waals surface area contributed by atoms with Gasteiger partial charge in [0.15, 0.2) is 17.5 Å². The number of primary amides is 1. The van der Waals surface area contributed by atoms with Crippen LogP contribution in [0.1, 0.15) is 32.1 Å². The van der Waals surface area contributed by atoms with Crippen molar-refractivity contribution in [2.45, 2.75) is 32.1 Å². The molecule has 0 unspecified atom stereocenters.